The molecular formula is C26H23N3O4. The lowest BCUT2D eigenvalue weighted by molar-refractivity contribution is -0.131. The molecule has 2 aromatic carbocycles. The Morgan fingerprint density at radius 1 is 1.00 bits per heavy atom. The second-order valence-corrected chi connectivity index (χ2v) is 8.47. The number of carbonyl (C=O) groups is 3. The molecule has 1 N–H and O–H groups in total. The quantitative estimate of drug-likeness (QED) is 0.365. The molecule has 7 nitrogen and oxygen atoms in total. The molecule has 33 heavy (non-hydrogen) atoms. The van der Waals surface area contributed by atoms with Gasteiger partial charge in [-0.15, -0.1) is 0 Å². The fourth-order valence-corrected chi connectivity index (χ4v) is 4.48. The first kappa shape index (κ1) is 20.8. The van der Waals surface area contributed by atoms with Crippen LogP contribution >= 0.6 is 0 Å². The minimum absolute atomic E-state index is 0.303. The fourth-order valence-electron chi connectivity index (χ4n) is 4.48. The van der Waals surface area contributed by atoms with Gasteiger partial charge in [-0.2, -0.15) is 0 Å². The van der Waals surface area contributed by atoms with Gasteiger partial charge in [0.2, 0.25) is 0 Å². The Balaban J connectivity index is 1.43. The van der Waals surface area contributed by atoms with Crippen molar-refractivity contribution in [3.8, 4) is 5.69 Å². The molecule has 3 amide bonds. The lowest BCUT2D eigenvalue weighted by atomic mass is 9.98. The Morgan fingerprint density at radius 2 is 1.70 bits per heavy atom. The molecule has 3 heterocycles. The number of hydrogen-bond acceptors (Lipinski definition) is 4. The average Bonchev–Trinajstić information content (AvgIpc) is 3.43. The van der Waals surface area contributed by atoms with Gasteiger partial charge in [0, 0.05) is 28.0 Å². The molecule has 0 radical (unpaired) electrons. The predicted octanol–water partition coefficient (Wildman–Crippen LogP) is 4.49. The van der Waals surface area contributed by atoms with Crippen molar-refractivity contribution >= 4 is 28.7 Å². The van der Waals surface area contributed by atoms with Crippen LogP contribution in [0.25, 0.3) is 16.7 Å². The first-order valence-corrected chi connectivity index (χ1v) is 10.7. The van der Waals surface area contributed by atoms with E-state index in [0.29, 0.717) is 16.9 Å². The van der Waals surface area contributed by atoms with Crippen molar-refractivity contribution in [3.63, 3.8) is 0 Å². The molecule has 0 aliphatic carbocycles. The number of Topliss-reactive ketones (excluding diaryl/α,β-unsaturated/α-hetero) is 1. The molecule has 4 aromatic rings. The van der Waals surface area contributed by atoms with Crippen LogP contribution in [0.1, 0.15) is 34.4 Å². The number of aromatic nitrogens is 1. The summed E-state index contributed by atoms with van der Waals surface area (Å²) in [6.45, 7) is 5.02. The van der Waals surface area contributed by atoms with Crippen molar-refractivity contribution in [1.82, 2.24) is 14.8 Å². The van der Waals surface area contributed by atoms with Crippen molar-refractivity contribution < 1.29 is 18.8 Å². The van der Waals surface area contributed by atoms with Gasteiger partial charge in [-0.25, -0.2) is 4.79 Å². The minimum atomic E-state index is -1.38. The van der Waals surface area contributed by atoms with Gasteiger partial charge in [0.25, 0.3) is 5.91 Å². The third kappa shape index (κ3) is 3.24. The molecule has 1 aliphatic rings. The SMILES string of the molecule is Cc1cc(C(=O)CN2C(=O)NC(C)(c3cc4ccccc4o3)C2=O)c(C)n1-c1ccccc1. The number of nitrogens with one attached hydrogen (secondary N) is 1. The summed E-state index contributed by atoms with van der Waals surface area (Å²) >= 11 is 0. The number of furan rings is 1. The number of amides is 3. The maximum absolute atomic E-state index is 13.3. The Bertz CT molecular complexity index is 1380. The van der Waals surface area contributed by atoms with E-state index in [9.17, 15) is 14.4 Å². The van der Waals surface area contributed by atoms with Crippen molar-refractivity contribution in [2.24, 2.45) is 0 Å². The van der Waals surface area contributed by atoms with Crippen molar-refractivity contribution in [2.75, 3.05) is 6.54 Å². The summed E-state index contributed by atoms with van der Waals surface area (Å²) in [5.74, 6) is -0.487. The number of nitrogens with zero attached hydrogens (tertiary/aromatic N) is 2. The van der Waals surface area contributed by atoms with Gasteiger partial charge in [-0.1, -0.05) is 36.4 Å². The third-order valence-corrected chi connectivity index (χ3v) is 6.24. The molecule has 1 fully saturated rings. The minimum Gasteiger partial charge on any atom is -0.458 e. The molecule has 1 aliphatic heterocycles. The summed E-state index contributed by atoms with van der Waals surface area (Å²) in [7, 11) is 0. The first-order valence-electron chi connectivity index (χ1n) is 10.7. The lowest BCUT2D eigenvalue weighted by Gasteiger charge is -2.18. The van der Waals surface area contributed by atoms with Gasteiger partial charge < -0.3 is 14.3 Å². The van der Waals surface area contributed by atoms with Gasteiger partial charge >= 0.3 is 6.03 Å². The molecule has 1 saturated heterocycles. The van der Waals surface area contributed by atoms with Crippen LogP contribution in [0.3, 0.4) is 0 Å². The number of urea groups is 1. The highest BCUT2D eigenvalue weighted by Gasteiger charge is 2.51. The Kier molecular flexibility index (Phi) is 4.70. The summed E-state index contributed by atoms with van der Waals surface area (Å²) < 4.78 is 7.83. The third-order valence-electron chi connectivity index (χ3n) is 6.24. The molecule has 0 bridgehead atoms. The lowest BCUT2D eigenvalue weighted by Crippen LogP contribution is -2.41. The number of ketones is 1. The van der Waals surface area contributed by atoms with Crippen LogP contribution in [0, 0.1) is 13.8 Å². The zero-order valence-corrected chi connectivity index (χ0v) is 18.6. The van der Waals surface area contributed by atoms with Crippen LogP contribution in [0.15, 0.2) is 71.1 Å². The normalized spacial score (nSPS) is 18.2. The number of hydrogen-bond donors (Lipinski definition) is 1. The zero-order valence-electron chi connectivity index (χ0n) is 18.6. The van der Waals surface area contributed by atoms with Gasteiger partial charge in [0.05, 0.1) is 6.54 Å². The standard InChI is InChI=1S/C26H23N3O4/c1-16-13-20(17(2)29(16)19-10-5-4-6-11-19)21(30)15-28-24(31)26(3,27-25(28)32)23-14-18-9-7-8-12-22(18)33-23/h4-14H,15H2,1-3H3,(H,27,32). The summed E-state index contributed by atoms with van der Waals surface area (Å²) in [4.78, 5) is 40.2. The van der Waals surface area contributed by atoms with Gasteiger partial charge in [0.15, 0.2) is 11.3 Å². The molecule has 7 heteroatoms. The maximum atomic E-state index is 13.3. The molecule has 1 atom stereocenters. The fraction of sp³-hybridized carbons (Fsp3) is 0.192. The highest BCUT2D eigenvalue weighted by atomic mass is 16.3. The van der Waals surface area contributed by atoms with Gasteiger partial charge in [-0.05, 0) is 51.1 Å². The summed E-state index contributed by atoms with van der Waals surface area (Å²) in [5.41, 5.74) is 2.33. The number of rotatable bonds is 5. The van der Waals surface area contributed by atoms with E-state index in [0.717, 1.165) is 27.4 Å². The second kappa shape index (κ2) is 7.48. The smallest absolute Gasteiger partial charge is 0.325 e. The van der Waals surface area contributed by atoms with Crippen LogP contribution in [0.2, 0.25) is 0 Å². The molecule has 1 unspecified atom stereocenters. The molecule has 5 rings (SSSR count). The predicted molar refractivity (Wildman–Crippen MR) is 123 cm³/mol. The van der Waals surface area contributed by atoms with Crippen LogP contribution in [-0.2, 0) is 10.3 Å². The number of carbonyl (C=O) groups excluding carboxylic acids is 3. The number of imide groups is 1. The van der Waals surface area contributed by atoms with E-state index in [1.54, 1.807) is 25.1 Å². The second-order valence-electron chi connectivity index (χ2n) is 8.47. The van der Waals surface area contributed by atoms with E-state index in [1.807, 2.05) is 66.9 Å². The Hall–Kier alpha value is -4.13. The topological polar surface area (TPSA) is 84.6 Å². The maximum Gasteiger partial charge on any atom is 0.325 e. The van der Waals surface area contributed by atoms with Gasteiger partial charge in [0.1, 0.15) is 11.3 Å². The van der Waals surface area contributed by atoms with E-state index < -0.39 is 17.5 Å². The highest BCUT2D eigenvalue weighted by Crippen LogP contribution is 2.33. The monoisotopic (exact) mass is 441 g/mol. The summed E-state index contributed by atoms with van der Waals surface area (Å²) in [6, 6.07) is 20.0. The van der Waals surface area contributed by atoms with E-state index in [2.05, 4.69) is 5.32 Å². The number of aryl methyl sites for hydroxylation is 1. The van der Waals surface area contributed by atoms with E-state index in [4.69, 9.17) is 4.42 Å². The Morgan fingerprint density at radius 3 is 2.42 bits per heavy atom. The van der Waals surface area contributed by atoms with Gasteiger partial charge in [-0.3, -0.25) is 14.5 Å². The highest BCUT2D eigenvalue weighted by molar-refractivity contribution is 6.11. The number of benzene rings is 2. The van der Waals surface area contributed by atoms with Crippen molar-refractivity contribution in [3.05, 3.63) is 89.4 Å². The summed E-state index contributed by atoms with van der Waals surface area (Å²) in [5, 5.41) is 3.54. The average molecular weight is 441 g/mol. The van der Waals surface area contributed by atoms with Crippen LogP contribution in [-0.4, -0.2) is 33.7 Å². The molecule has 0 saturated carbocycles. The molecule has 2 aromatic heterocycles. The molecule has 0 spiro atoms. The molecule has 166 valence electrons. The first-order chi connectivity index (χ1) is 15.8. The van der Waals surface area contributed by atoms with Crippen molar-refractivity contribution in [2.45, 2.75) is 26.3 Å². The number of para-hydroxylation sites is 2. The van der Waals surface area contributed by atoms with E-state index >= 15 is 0 Å². The van der Waals surface area contributed by atoms with E-state index in [1.165, 1.54) is 0 Å². The molecular weight excluding hydrogens is 418 g/mol. The largest absolute Gasteiger partial charge is 0.458 e. The Labute approximate surface area is 190 Å². The zero-order chi connectivity index (χ0) is 23.3. The van der Waals surface area contributed by atoms with Crippen molar-refractivity contribution in [1.29, 1.82) is 0 Å². The van der Waals surface area contributed by atoms with Crippen LogP contribution in [0.5, 0.6) is 0 Å². The van der Waals surface area contributed by atoms with Crippen LogP contribution < -0.4 is 5.32 Å². The summed E-state index contributed by atoms with van der Waals surface area (Å²) in [6.07, 6.45) is 0. The van der Waals surface area contributed by atoms with E-state index in [-0.39, 0.29) is 12.3 Å². The number of fused-ring (bicyclic) bond motifs is 1. The van der Waals surface area contributed by atoms with Crippen LogP contribution in [0.4, 0.5) is 4.79 Å².